The van der Waals surface area contributed by atoms with Gasteiger partial charge in [0.05, 0.1) is 23.4 Å². The van der Waals surface area contributed by atoms with Gasteiger partial charge in [-0.1, -0.05) is 96.1 Å². The lowest BCUT2D eigenvalue weighted by Gasteiger charge is -2.38. The molecule has 0 aliphatic heterocycles. The normalized spacial score (nSPS) is 12.6. The van der Waals surface area contributed by atoms with Crippen LogP contribution in [0.25, 0.3) is 10.4 Å². The summed E-state index contributed by atoms with van der Waals surface area (Å²) in [6.45, 7) is 1.70. The molecule has 8 nitrogen and oxygen atoms in total. The van der Waals surface area contributed by atoms with Crippen molar-refractivity contribution in [1.82, 2.24) is 10.3 Å². The largest absolute Gasteiger partial charge is 0.467 e. The summed E-state index contributed by atoms with van der Waals surface area (Å²) in [5.41, 5.74) is 10.4. The summed E-state index contributed by atoms with van der Waals surface area (Å²) < 4.78 is 4.47. The van der Waals surface area contributed by atoms with Crippen molar-refractivity contribution in [3.8, 4) is 0 Å². The molecule has 0 saturated heterocycles. The highest BCUT2D eigenvalue weighted by molar-refractivity contribution is 8.00. The van der Waals surface area contributed by atoms with Crippen LogP contribution in [0.1, 0.15) is 39.1 Å². The Kier molecular flexibility index (Phi) is 9.03. The lowest BCUT2D eigenvalue weighted by molar-refractivity contribution is -0.146. The van der Waals surface area contributed by atoms with E-state index in [9.17, 15) is 9.59 Å². The van der Waals surface area contributed by atoms with Crippen LogP contribution in [0.5, 0.6) is 0 Å². The first-order valence-corrected chi connectivity index (χ1v) is 14.0. The van der Waals surface area contributed by atoms with Gasteiger partial charge in [0.1, 0.15) is 11.2 Å². The lowest BCUT2D eigenvalue weighted by atomic mass is 9.84. The van der Waals surface area contributed by atoms with E-state index in [1.54, 1.807) is 24.1 Å². The average Bonchev–Trinajstić information content (AvgIpc) is 3.47. The first kappa shape index (κ1) is 27.9. The number of hydrogen-bond acceptors (Lipinski definition) is 7. The van der Waals surface area contributed by atoms with Gasteiger partial charge in [-0.15, -0.1) is 23.1 Å². The zero-order chi connectivity index (χ0) is 27.7. The molecule has 0 bridgehead atoms. The highest BCUT2D eigenvalue weighted by Gasteiger charge is 2.43. The molecule has 39 heavy (non-hydrogen) atoms. The fraction of sp³-hybridized carbons (Fsp3) is 0.207. The number of nitrogens with one attached hydrogen (secondary N) is 1. The van der Waals surface area contributed by atoms with Gasteiger partial charge in [0.25, 0.3) is 5.91 Å². The number of thioether (sulfide) groups is 1. The number of carbonyl (C=O) groups is 2. The van der Waals surface area contributed by atoms with E-state index in [1.807, 2.05) is 54.6 Å². The van der Waals surface area contributed by atoms with Crippen molar-refractivity contribution < 1.29 is 14.3 Å². The number of azide groups is 1. The molecule has 0 spiro atoms. The van der Waals surface area contributed by atoms with Crippen molar-refractivity contribution in [2.24, 2.45) is 5.11 Å². The van der Waals surface area contributed by atoms with E-state index in [0.717, 1.165) is 16.7 Å². The van der Waals surface area contributed by atoms with Crippen molar-refractivity contribution in [2.45, 2.75) is 23.8 Å². The van der Waals surface area contributed by atoms with Gasteiger partial charge in [-0.25, -0.2) is 9.78 Å². The molecule has 3 aromatic carbocycles. The summed E-state index contributed by atoms with van der Waals surface area (Å²) in [6, 6.07) is 30.3. The van der Waals surface area contributed by atoms with E-state index in [0.29, 0.717) is 5.01 Å². The molecule has 0 unspecified atom stereocenters. The van der Waals surface area contributed by atoms with Crippen molar-refractivity contribution in [3.05, 3.63) is 134 Å². The van der Waals surface area contributed by atoms with Crippen molar-refractivity contribution >= 4 is 35.0 Å². The molecule has 1 amide bonds. The summed E-state index contributed by atoms with van der Waals surface area (Å²) in [5.74, 6) is -0.896. The van der Waals surface area contributed by atoms with Gasteiger partial charge in [-0.3, -0.25) is 4.79 Å². The van der Waals surface area contributed by atoms with Crippen molar-refractivity contribution in [3.63, 3.8) is 0 Å². The van der Waals surface area contributed by atoms with E-state index in [1.165, 1.54) is 18.4 Å². The minimum Gasteiger partial charge on any atom is -0.467 e. The molecule has 4 aromatic rings. The summed E-state index contributed by atoms with van der Waals surface area (Å²) in [6.07, 6.45) is 0. The molecule has 198 valence electrons. The number of amides is 1. The molecule has 0 saturated carbocycles. The number of esters is 1. The molecule has 1 aromatic heterocycles. The highest BCUT2D eigenvalue weighted by atomic mass is 32.2. The number of benzene rings is 3. The van der Waals surface area contributed by atoms with Gasteiger partial charge >= 0.3 is 5.97 Å². The van der Waals surface area contributed by atoms with Gasteiger partial charge in [0, 0.05) is 16.0 Å². The number of aromatic nitrogens is 1. The van der Waals surface area contributed by atoms with Crippen LogP contribution in [0, 0.1) is 0 Å². The minimum atomic E-state index is -1.38. The number of rotatable bonds is 11. The smallest absolute Gasteiger partial charge is 0.332 e. The van der Waals surface area contributed by atoms with Gasteiger partial charge in [-0.2, -0.15) is 0 Å². The summed E-state index contributed by atoms with van der Waals surface area (Å²) in [4.78, 5) is 33.3. The molecule has 1 N–H and O–H groups in total. The first-order chi connectivity index (χ1) is 18.9. The molecule has 1 heterocycles. The molecule has 0 radical (unpaired) electrons. The van der Waals surface area contributed by atoms with E-state index >= 15 is 0 Å². The third-order valence-electron chi connectivity index (χ3n) is 6.20. The Morgan fingerprint density at radius 3 is 1.95 bits per heavy atom. The number of nitrogens with zero attached hydrogens (tertiary/aromatic N) is 4. The Labute approximate surface area is 235 Å². The van der Waals surface area contributed by atoms with E-state index in [2.05, 4.69) is 56.7 Å². The van der Waals surface area contributed by atoms with E-state index < -0.39 is 22.2 Å². The zero-order valence-electron chi connectivity index (χ0n) is 21.5. The van der Waals surface area contributed by atoms with Crippen LogP contribution in [-0.2, 0) is 20.8 Å². The number of ether oxygens (including phenoxy) is 1. The Morgan fingerprint density at radius 1 is 0.974 bits per heavy atom. The maximum absolute atomic E-state index is 13.2. The predicted octanol–water partition coefficient (Wildman–Crippen LogP) is 6.34. The van der Waals surface area contributed by atoms with Crippen LogP contribution in [0.4, 0.5) is 0 Å². The molecule has 4 rings (SSSR count). The summed E-state index contributed by atoms with van der Waals surface area (Å²) in [5, 5.41) is 8.43. The monoisotopic (exact) mass is 557 g/mol. The number of thiazole rings is 1. The number of hydrogen-bond donors (Lipinski definition) is 1. The third kappa shape index (κ3) is 6.15. The van der Waals surface area contributed by atoms with Gasteiger partial charge < -0.3 is 10.1 Å². The van der Waals surface area contributed by atoms with Crippen molar-refractivity contribution in [1.29, 1.82) is 0 Å². The predicted molar refractivity (Wildman–Crippen MR) is 155 cm³/mol. The fourth-order valence-corrected chi connectivity index (χ4v) is 6.58. The molecule has 1 atom stereocenters. The summed E-state index contributed by atoms with van der Waals surface area (Å²) in [7, 11) is 1.30. The zero-order valence-corrected chi connectivity index (χ0v) is 23.1. The standard InChI is InChI=1S/C29H27N5O3S2/c1-28(27(36)37-2,33-26(35)24-19-38-25(32-24)18-31-34-30)20-39-29(21-12-6-3-7-13-21,22-14-8-4-9-15-22)23-16-10-5-11-17-23/h3-17,19H,18,20H2,1-2H3,(H,33,35)/t28-/m0/s1. The number of carbonyl (C=O) groups excluding carboxylic acids is 2. The quantitative estimate of drug-likeness (QED) is 0.0759. The summed E-state index contributed by atoms with van der Waals surface area (Å²) >= 11 is 2.75. The van der Waals surface area contributed by atoms with Gasteiger partial charge in [0.15, 0.2) is 0 Å². The van der Waals surface area contributed by atoms with Gasteiger partial charge in [-0.05, 0) is 29.1 Å². The van der Waals surface area contributed by atoms with Crippen LogP contribution in [0.2, 0.25) is 0 Å². The SMILES string of the molecule is COC(=O)[C@](C)(CSC(c1ccccc1)(c1ccccc1)c1ccccc1)NC(=O)c1csc(CN=[N+]=[N-])n1. The van der Waals surface area contributed by atoms with Crippen LogP contribution >= 0.6 is 23.1 Å². The third-order valence-corrected chi connectivity index (χ3v) is 8.89. The second kappa shape index (κ2) is 12.6. The molecule has 0 fully saturated rings. The lowest BCUT2D eigenvalue weighted by Crippen LogP contribution is -2.55. The first-order valence-electron chi connectivity index (χ1n) is 12.1. The second-order valence-corrected chi connectivity index (χ2v) is 11.0. The fourth-order valence-electron chi connectivity index (χ4n) is 4.29. The molecule has 0 aliphatic rings. The molecular weight excluding hydrogens is 530 g/mol. The van der Waals surface area contributed by atoms with Crippen molar-refractivity contribution in [2.75, 3.05) is 12.9 Å². The number of methoxy groups -OCH3 is 1. The Balaban J connectivity index is 1.74. The molecule has 0 aliphatic carbocycles. The Morgan fingerprint density at radius 2 is 1.49 bits per heavy atom. The van der Waals surface area contributed by atoms with E-state index in [4.69, 9.17) is 10.3 Å². The second-order valence-electron chi connectivity index (χ2n) is 8.86. The van der Waals surface area contributed by atoms with Crippen LogP contribution < -0.4 is 5.32 Å². The Bertz CT molecular complexity index is 1360. The van der Waals surface area contributed by atoms with Crippen LogP contribution in [0.15, 0.2) is 101 Å². The topological polar surface area (TPSA) is 117 Å². The average molecular weight is 558 g/mol. The minimum absolute atomic E-state index is 0.0479. The molecule has 10 heteroatoms. The molecular formula is C29H27N5O3S2. The van der Waals surface area contributed by atoms with E-state index in [-0.39, 0.29) is 18.0 Å². The highest BCUT2D eigenvalue weighted by Crippen LogP contribution is 2.49. The maximum atomic E-state index is 13.2. The van der Waals surface area contributed by atoms with Crippen LogP contribution in [0.3, 0.4) is 0 Å². The van der Waals surface area contributed by atoms with Crippen LogP contribution in [-0.4, -0.2) is 35.3 Å². The maximum Gasteiger partial charge on any atom is 0.332 e. The Hall–Kier alpha value is -4.11. The van der Waals surface area contributed by atoms with Gasteiger partial charge in [0.2, 0.25) is 0 Å².